The van der Waals surface area contributed by atoms with E-state index < -0.39 is 0 Å². The van der Waals surface area contributed by atoms with Gasteiger partial charge in [0.15, 0.2) is 0 Å². The molecule has 0 amide bonds. The Bertz CT molecular complexity index is 334. The Hall–Kier alpha value is -1.75. The molecule has 0 unspecified atom stereocenters. The van der Waals surface area contributed by atoms with Crippen molar-refractivity contribution in [1.29, 1.82) is 5.26 Å². The van der Waals surface area contributed by atoms with Gasteiger partial charge < -0.3 is 5.32 Å². The number of anilines is 1. The van der Waals surface area contributed by atoms with Crippen LogP contribution < -0.4 is 5.32 Å². The van der Waals surface area contributed by atoms with Crippen molar-refractivity contribution in [3.05, 3.63) is 35.9 Å². The van der Waals surface area contributed by atoms with Crippen LogP contribution in [0.2, 0.25) is 0 Å². The fourth-order valence-electron chi connectivity index (χ4n) is 1.05. The van der Waals surface area contributed by atoms with Gasteiger partial charge in [0.05, 0.1) is 12.5 Å². The second-order valence-corrected chi connectivity index (χ2v) is 2.64. The number of allylic oxidation sites excluding steroid dienone is 1. The molecule has 0 radical (unpaired) electrons. The molecule has 2 heteroatoms. The number of rotatable bonds is 3. The normalized spacial score (nSPS) is 9.85. The molecule has 0 aliphatic carbocycles. The van der Waals surface area contributed by atoms with Crippen LogP contribution in [0.5, 0.6) is 0 Å². The number of hydrogen-bond donors (Lipinski definition) is 1. The van der Waals surface area contributed by atoms with Gasteiger partial charge in [0.1, 0.15) is 0 Å². The summed E-state index contributed by atoms with van der Waals surface area (Å²) >= 11 is 0. The van der Waals surface area contributed by atoms with Gasteiger partial charge in [-0.15, -0.1) is 0 Å². The van der Waals surface area contributed by atoms with E-state index >= 15 is 0 Å². The number of nitrogens with zero attached hydrogens (tertiary/aromatic N) is 1. The minimum atomic E-state index is 0.462. The van der Waals surface area contributed by atoms with Crippen LogP contribution in [0.4, 0.5) is 5.69 Å². The van der Waals surface area contributed by atoms with Crippen molar-refractivity contribution in [2.75, 3.05) is 12.4 Å². The SMILES string of the molecule is CNc1cccc(C=CCC#N)c1. The van der Waals surface area contributed by atoms with Crippen molar-refractivity contribution in [3.63, 3.8) is 0 Å². The summed E-state index contributed by atoms with van der Waals surface area (Å²) in [6.07, 6.45) is 4.27. The third-order valence-electron chi connectivity index (χ3n) is 1.69. The molecule has 2 nitrogen and oxygen atoms in total. The quantitative estimate of drug-likeness (QED) is 0.760. The molecule has 0 saturated heterocycles. The van der Waals surface area contributed by atoms with Gasteiger partial charge >= 0.3 is 0 Å². The molecule has 0 spiro atoms. The second kappa shape index (κ2) is 5.00. The van der Waals surface area contributed by atoms with Crippen molar-refractivity contribution in [2.45, 2.75) is 6.42 Å². The van der Waals surface area contributed by atoms with Gasteiger partial charge in [0.25, 0.3) is 0 Å². The lowest BCUT2D eigenvalue weighted by Crippen LogP contribution is -1.86. The van der Waals surface area contributed by atoms with Crippen LogP contribution in [0.25, 0.3) is 6.08 Å². The lowest BCUT2D eigenvalue weighted by molar-refractivity contribution is 1.36. The molecule has 0 aliphatic rings. The van der Waals surface area contributed by atoms with Gasteiger partial charge in [0, 0.05) is 12.7 Å². The maximum Gasteiger partial charge on any atom is 0.0663 e. The predicted molar refractivity (Wildman–Crippen MR) is 55.3 cm³/mol. The smallest absolute Gasteiger partial charge is 0.0663 e. The van der Waals surface area contributed by atoms with Crippen LogP contribution >= 0.6 is 0 Å². The second-order valence-electron chi connectivity index (χ2n) is 2.64. The topological polar surface area (TPSA) is 35.8 Å². The molecule has 0 heterocycles. The molecule has 1 aromatic carbocycles. The van der Waals surface area contributed by atoms with Crippen LogP contribution in [0.3, 0.4) is 0 Å². The highest BCUT2D eigenvalue weighted by Gasteiger charge is 1.88. The highest BCUT2D eigenvalue weighted by atomic mass is 14.8. The third kappa shape index (κ3) is 3.00. The van der Waals surface area contributed by atoms with Gasteiger partial charge in [-0.05, 0) is 17.7 Å². The molecule has 0 atom stereocenters. The summed E-state index contributed by atoms with van der Waals surface area (Å²) in [5, 5.41) is 11.4. The average molecular weight is 172 g/mol. The van der Waals surface area contributed by atoms with Crippen LogP contribution in [0.1, 0.15) is 12.0 Å². The van der Waals surface area contributed by atoms with E-state index in [2.05, 4.69) is 11.4 Å². The fraction of sp³-hybridized carbons (Fsp3) is 0.182. The van der Waals surface area contributed by atoms with E-state index in [-0.39, 0.29) is 0 Å². The summed E-state index contributed by atoms with van der Waals surface area (Å²) in [7, 11) is 1.89. The largest absolute Gasteiger partial charge is 0.388 e. The number of benzene rings is 1. The van der Waals surface area contributed by atoms with Crippen molar-refractivity contribution >= 4 is 11.8 Å². The molecule has 13 heavy (non-hydrogen) atoms. The van der Waals surface area contributed by atoms with Gasteiger partial charge in [-0.1, -0.05) is 24.3 Å². The Morgan fingerprint density at radius 2 is 2.38 bits per heavy atom. The summed E-state index contributed by atoms with van der Waals surface area (Å²) in [5.41, 5.74) is 2.20. The molecule has 0 saturated carbocycles. The molecule has 0 aromatic heterocycles. The molecule has 0 bridgehead atoms. The van der Waals surface area contributed by atoms with Crippen molar-refractivity contribution in [3.8, 4) is 6.07 Å². The van der Waals surface area contributed by atoms with E-state index in [1.807, 2.05) is 43.5 Å². The molecular weight excluding hydrogens is 160 g/mol. The highest BCUT2D eigenvalue weighted by Crippen LogP contribution is 2.10. The summed E-state index contributed by atoms with van der Waals surface area (Å²) in [5.74, 6) is 0. The zero-order valence-electron chi connectivity index (χ0n) is 7.62. The first-order valence-corrected chi connectivity index (χ1v) is 4.18. The van der Waals surface area contributed by atoms with Crippen LogP contribution in [0, 0.1) is 11.3 Å². The monoisotopic (exact) mass is 172 g/mol. The number of nitrogens with one attached hydrogen (secondary N) is 1. The average Bonchev–Trinajstić information content (AvgIpc) is 2.19. The van der Waals surface area contributed by atoms with E-state index in [4.69, 9.17) is 5.26 Å². The maximum absolute atomic E-state index is 8.33. The fourth-order valence-corrected chi connectivity index (χ4v) is 1.05. The van der Waals surface area contributed by atoms with Crippen molar-refractivity contribution in [2.24, 2.45) is 0 Å². The standard InChI is InChI=1S/C11H12N2/c1-13-11-7-4-6-10(9-11)5-2-3-8-12/h2,4-7,9,13H,3H2,1H3. The third-order valence-corrected chi connectivity index (χ3v) is 1.69. The Morgan fingerprint density at radius 3 is 3.08 bits per heavy atom. The van der Waals surface area contributed by atoms with E-state index in [1.54, 1.807) is 0 Å². The Balaban J connectivity index is 2.73. The molecular formula is C11H12N2. The first-order chi connectivity index (χ1) is 6.36. The van der Waals surface area contributed by atoms with E-state index in [0.717, 1.165) is 11.3 Å². The van der Waals surface area contributed by atoms with Crippen LogP contribution in [-0.2, 0) is 0 Å². The van der Waals surface area contributed by atoms with Crippen molar-refractivity contribution in [1.82, 2.24) is 0 Å². The Kier molecular flexibility index (Phi) is 3.59. The predicted octanol–water partition coefficient (Wildman–Crippen LogP) is 2.66. The molecule has 0 aliphatic heterocycles. The minimum Gasteiger partial charge on any atom is -0.388 e. The molecule has 0 fully saturated rings. The van der Waals surface area contributed by atoms with Gasteiger partial charge in [-0.25, -0.2) is 0 Å². The van der Waals surface area contributed by atoms with Gasteiger partial charge in [0.2, 0.25) is 0 Å². The first-order valence-electron chi connectivity index (χ1n) is 4.18. The van der Waals surface area contributed by atoms with Crippen LogP contribution in [-0.4, -0.2) is 7.05 Å². The van der Waals surface area contributed by atoms with E-state index in [0.29, 0.717) is 6.42 Å². The van der Waals surface area contributed by atoms with E-state index in [1.165, 1.54) is 0 Å². The summed E-state index contributed by atoms with van der Waals surface area (Å²) in [6.45, 7) is 0. The van der Waals surface area contributed by atoms with Gasteiger partial charge in [-0.2, -0.15) is 5.26 Å². The lowest BCUT2D eigenvalue weighted by Gasteiger charge is -1.99. The number of nitriles is 1. The first kappa shape index (κ1) is 9.34. The molecule has 1 rings (SSSR count). The van der Waals surface area contributed by atoms with Crippen molar-refractivity contribution < 1.29 is 0 Å². The number of hydrogen-bond acceptors (Lipinski definition) is 2. The molecule has 66 valence electrons. The summed E-state index contributed by atoms with van der Waals surface area (Å²) in [6, 6.07) is 10.1. The zero-order valence-corrected chi connectivity index (χ0v) is 7.62. The maximum atomic E-state index is 8.33. The van der Waals surface area contributed by atoms with E-state index in [9.17, 15) is 0 Å². The highest BCUT2D eigenvalue weighted by molar-refractivity contribution is 5.57. The Labute approximate surface area is 78.5 Å². The minimum absolute atomic E-state index is 0.462. The Morgan fingerprint density at radius 1 is 1.54 bits per heavy atom. The lowest BCUT2D eigenvalue weighted by atomic mass is 10.2. The zero-order chi connectivity index (χ0) is 9.52. The van der Waals surface area contributed by atoms with Crippen LogP contribution in [0.15, 0.2) is 30.3 Å². The van der Waals surface area contributed by atoms with Gasteiger partial charge in [-0.3, -0.25) is 0 Å². The molecule has 1 N–H and O–H groups in total. The molecule has 1 aromatic rings. The summed E-state index contributed by atoms with van der Waals surface area (Å²) in [4.78, 5) is 0. The summed E-state index contributed by atoms with van der Waals surface area (Å²) < 4.78 is 0.